The van der Waals surface area contributed by atoms with Crippen LogP contribution in [0.4, 0.5) is 14.5 Å². The second-order valence-electron chi connectivity index (χ2n) is 3.97. The fraction of sp³-hybridized carbons (Fsp3) is 0. The molecule has 2 aromatic carbocycles. The first-order valence-corrected chi connectivity index (χ1v) is 6.13. The topological polar surface area (TPSA) is 29.1 Å². The van der Waals surface area contributed by atoms with Crippen LogP contribution in [0.5, 0.6) is 0 Å². The zero-order chi connectivity index (χ0) is 14.5. The predicted octanol–water partition coefficient (Wildman–Crippen LogP) is 4.27. The van der Waals surface area contributed by atoms with E-state index in [9.17, 15) is 13.6 Å². The summed E-state index contributed by atoms with van der Waals surface area (Å²) in [5, 5.41) is 2.58. The maximum absolute atomic E-state index is 13.3. The van der Waals surface area contributed by atoms with Crippen molar-refractivity contribution in [3.63, 3.8) is 0 Å². The molecule has 5 heteroatoms. The van der Waals surface area contributed by atoms with Gasteiger partial charge in [0.1, 0.15) is 11.6 Å². The molecule has 1 amide bonds. The van der Waals surface area contributed by atoms with Gasteiger partial charge in [-0.2, -0.15) is 0 Å². The first kappa shape index (κ1) is 14.2. The largest absolute Gasteiger partial charge is 0.321 e. The van der Waals surface area contributed by atoms with Crippen LogP contribution in [0.15, 0.2) is 48.5 Å². The van der Waals surface area contributed by atoms with Crippen LogP contribution in [0.2, 0.25) is 5.02 Å². The maximum Gasteiger partial charge on any atom is 0.248 e. The summed E-state index contributed by atoms with van der Waals surface area (Å²) in [5.74, 6) is -1.40. The molecule has 0 spiro atoms. The fourth-order valence-corrected chi connectivity index (χ4v) is 1.76. The molecule has 1 N–H and O–H groups in total. The Morgan fingerprint density at radius 2 is 1.90 bits per heavy atom. The second kappa shape index (κ2) is 6.30. The quantitative estimate of drug-likeness (QED) is 0.841. The van der Waals surface area contributed by atoms with E-state index in [0.717, 1.165) is 6.07 Å². The van der Waals surface area contributed by atoms with E-state index in [1.165, 1.54) is 30.4 Å². The number of halogens is 3. The molecule has 20 heavy (non-hydrogen) atoms. The van der Waals surface area contributed by atoms with Gasteiger partial charge in [0.25, 0.3) is 0 Å². The van der Waals surface area contributed by atoms with Crippen LogP contribution in [-0.2, 0) is 4.79 Å². The van der Waals surface area contributed by atoms with Crippen molar-refractivity contribution in [2.24, 2.45) is 0 Å². The lowest BCUT2D eigenvalue weighted by molar-refractivity contribution is -0.111. The number of benzene rings is 2. The SMILES string of the molecule is O=C(/C=C/c1ccccc1F)Nc1ccc(F)cc1Cl. The molecule has 0 saturated heterocycles. The minimum Gasteiger partial charge on any atom is -0.321 e. The average molecular weight is 294 g/mol. The van der Waals surface area contributed by atoms with Crippen molar-refractivity contribution in [2.45, 2.75) is 0 Å². The minimum atomic E-state index is -0.491. The van der Waals surface area contributed by atoms with E-state index in [1.807, 2.05) is 0 Å². The third-order valence-electron chi connectivity index (χ3n) is 2.51. The van der Waals surface area contributed by atoms with Crippen molar-refractivity contribution in [3.05, 3.63) is 70.8 Å². The Morgan fingerprint density at radius 3 is 2.60 bits per heavy atom. The molecule has 0 fully saturated rings. The van der Waals surface area contributed by atoms with E-state index in [-0.39, 0.29) is 10.7 Å². The molecule has 2 aromatic rings. The molecule has 0 aliphatic heterocycles. The van der Waals surface area contributed by atoms with Crippen LogP contribution in [0, 0.1) is 11.6 Å². The molecule has 2 rings (SSSR count). The lowest BCUT2D eigenvalue weighted by Gasteiger charge is -2.04. The van der Waals surface area contributed by atoms with E-state index in [4.69, 9.17) is 11.6 Å². The average Bonchev–Trinajstić information content (AvgIpc) is 2.41. The van der Waals surface area contributed by atoms with E-state index in [2.05, 4.69) is 5.32 Å². The molecule has 0 saturated carbocycles. The molecular weight excluding hydrogens is 284 g/mol. The number of carbonyl (C=O) groups is 1. The summed E-state index contributed by atoms with van der Waals surface area (Å²) in [4.78, 5) is 11.7. The normalized spacial score (nSPS) is 10.8. The molecule has 0 aromatic heterocycles. The van der Waals surface area contributed by atoms with Gasteiger partial charge in [-0.05, 0) is 30.3 Å². The maximum atomic E-state index is 13.3. The summed E-state index contributed by atoms with van der Waals surface area (Å²) in [6, 6.07) is 9.70. The van der Waals surface area contributed by atoms with Crippen LogP contribution < -0.4 is 5.32 Å². The fourth-order valence-electron chi connectivity index (χ4n) is 1.54. The molecule has 102 valence electrons. The third-order valence-corrected chi connectivity index (χ3v) is 2.82. The first-order chi connectivity index (χ1) is 9.56. The van der Waals surface area contributed by atoms with E-state index >= 15 is 0 Å². The standard InChI is InChI=1S/C15H10ClF2NO/c16-12-9-11(17)6-7-14(12)19-15(20)8-5-10-3-1-2-4-13(10)18/h1-9H,(H,19,20)/b8-5+. The first-order valence-electron chi connectivity index (χ1n) is 5.75. The minimum absolute atomic E-state index is 0.0950. The summed E-state index contributed by atoms with van der Waals surface area (Å²) in [6.07, 6.45) is 2.53. The van der Waals surface area contributed by atoms with Crippen molar-refractivity contribution in [1.29, 1.82) is 0 Å². The van der Waals surface area contributed by atoms with Gasteiger partial charge in [-0.25, -0.2) is 8.78 Å². The Labute approximate surface area is 119 Å². The van der Waals surface area contributed by atoms with Gasteiger partial charge in [-0.3, -0.25) is 4.79 Å². The highest BCUT2D eigenvalue weighted by molar-refractivity contribution is 6.33. The van der Waals surface area contributed by atoms with Crippen LogP contribution in [0.25, 0.3) is 6.08 Å². The number of anilines is 1. The lowest BCUT2D eigenvalue weighted by Crippen LogP contribution is -2.08. The highest BCUT2D eigenvalue weighted by Gasteiger charge is 2.04. The van der Waals surface area contributed by atoms with Crippen LogP contribution in [0.3, 0.4) is 0 Å². The van der Waals surface area contributed by atoms with Crippen LogP contribution in [0.1, 0.15) is 5.56 Å². The van der Waals surface area contributed by atoms with Gasteiger partial charge in [-0.15, -0.1) is 0 Å². The van der Waals surface area contributed by atoms with Crippen molar-refractivity contribution in [3.8, 4) is 0 Å². The number of carbonyl (C=O) groups excluding carboxylic acids is 1. The van der Waals surface area contributed by atoms with E-state index in [0.29, 0.717) is 5.56 Å². The number of rotatable bonds is 3. The molecule has 0 aliphatic carbocycles. The highest BCUT2D eigenvalue weighted by Crippen LogP contribution is 2.22. The molecule has 2 nitrogen and oxygen atoms in total. The Morgan fingerprint density at radius 1 is 1.15 bits per heavy atom. The Balaban J connectivity index is 2.08. The Hall–Kier alpha value is -2.20. The predicted molar refractivity (Wildman–Crippen MR) is 75.5 cm³/mol. The number of nitrogens with one attached hydrogen (secondary N) is 1. The van der Waals surface area contributed by atoms with Gasteiger partial charge in [0, 0.05) is 11.6 Å². The zero-order valence-electron chi connectivity index (χ0n) is 10.2. The molecule has 0 unspecified atom stereocenters. The smallest absolute Gasteiger partial charge is 0.248 e. The number of hydrogen-bond donors (Lipinski definition) is 1. The molecule has 0 heterocycles. The molecule has 0 radical (unpaired) electrons. The summed E-state index contributed by atoms with van der Waals surface area (Å²) < 4.78 is 26.2. The van der Waals surface area contributed by atoms with Gasteiger partial charge in [-0.1, -0.05) is 29.8 Å². The van der Waals surface area contributed by atoms with Crippen molar-refractivity contribution < 1.29 is 13.6 Å². The monoisotopic (exact) mass is 293 g/mol. The summed E-state index contributed by atoms with van der Waals surface area (Å²) in [7, 11) is 0. The lowest BCUT2D eigenvalue weighted by atomic mass is 10.2. The molecular formula is C15H10ClF2NO. The summed E-state index contributed by atoms with van der Waals surface area (Å²) >= 11 is 5.78. The van der Waals surface area contributed by atoms with Gasteiger partial charge < -0.3 is 5.32 Å². The summed E-state index contributed by atoms with van der Waals surface area (Å²) in [6.45, 7) is 0. The molecule has 0 atom stereocenters. The van der Waals surface area contributed by atoms with Gasteiger partial charge in [0.2, 0.25) is 5.91 Å². The van der Waals surface area contributed by atoms with Gasteiger partial charge in [0.05, 0.1) is 10.7 Å². The zero-order valence-corrected chi connectivity index (χ0v) is 11.0. The van der Waals surface area contributed by atoms with Crippen LogP contribution in [-0.4, -0.2) is 5.91 Å². The van der Waals surface area contributed by atoms with Crippen molar-refractivity contribution >= 4 is 29.3 Å². The second-order valence-corrected chi connectivity index (χ2v) is 4.38. The van der Waals surface area contributed by atoms with E-state index in [1.54, 1.807) is 18.2 Å². The van der Waals surface area contributed by atoms with Crippen molar-refractivity contribution in [2.75, 3.05) is 5.32 Å². The number of amides is 1. The summed E-state index contributed by atoms with van der Waals surface area (Å²) in [5.41, 5.74) is 0.587. The Kier molecular flexibility index (Phi) is 4.48. The molecule has 0 aliphatic rings. The Bertz CT molecular complexity index is 671. The number of hydrogen-bond acceptors (Lipinski definition) is 1. The van der Waals surface area contributed by atoms with Gasteiger partial charge in [0.15, 0.2) is 0 Å². The van der Waals surface area contributed by atoms with Gasteiger partial charge >= 0.3 is 0 Å². The molecule has 0 bridgehead atoms. The van der Waals surface area contributed by atoms with E-state index < -0.39 is 17.5 Å². The van der Waals surface area contributed by atoms with Crippen molar-refractivity contribution in [1.82, 2.24) is 0 Å². The third kappa shape index (κ3) is 3.65. The van der Waals surface area contributed by atoms with Crippen LogP contribution >= 0.6 is 11.6 Å². The highest BCUT2D eigenvalue weighted by atomic mass is 35.5.